The molecular weight excluding hydrogens is 286 g/mol. The molecule has 0 saturated heterocycles. The van der Waals surface area contributed by atoms with Gasteiger partial charge in [0.1, 0.15) is 12.4 Å². The first-order chi connectivity index (χ1) is 11.2. The van der Waals surface area contributed by atoms with Crippen molar-refractivity contribution in [1.82, 2.24) is 5.32 Å². The van der Waals surface area contributed by atoms with Gasteiger partial charge >= 0.3 is 0 Å². The van der Waals surface area contributed by atoms with Crippen LogP contribution < -0.4 is 10.1 Å². The topological polar surface area (TPSA) is 38.3 Å². The Bertz CT molecular complexity index is 593. The molecule has 0 aliphatic heterocycles. The Hall–Kier alpha value is -2.29. The van der Waals surface area contributed by atoms with Gasteiger partial charge in [-0.25, -0.2) is 0 Å². The van der Waals surface area contributed by atoms with Crippen molar-refractivity contribution in [3.05, 3.63) is 65.7 Å². The van der Waals surface area contributed by atoms with Crippen molar-refractivity contribution in [3.8, 4) is 5.75 Å². The van der Waals surface area contributed by atoms with Gasteiger partial charge in [-0.3, -0.25) is 4.79 Å². The van der Waals surface area contributed by atoms with Crippen molar-refractivity contribution in [2.45, 2.75) is 32.6 Å². The van der Waals surface area contributed by atoms with Crippen LogP contribution in [0.2, 0.25) is 0 Å². The Morgan fingerprint density at radius 3 is 2.43 bits per heavy atom. The summed E-state index contributed by atoms with van der Waals surface area (Å²) >= 11 is 0. The molecule has 3 nitrogen and oxygen atoms in total. The molecule has 0 saturated carbocycles. The summed E-state index contributed by atoms with van der Waals surface area (Å²) in [6, 6.07) is 17.9. The quantitative estimate of drug-likeness (QED) is 0.746. The number of amides is 1. The smallest absolute Gasteiger partial charge is 0.227 e. The fourth-order valence-electron chi connectivity index (χ4n) is 2.52. The molecule has 3 heteroatoms. The van der Waals surface area contributed by atoms with Gasteiger partial charge in [0.25, 0.3) is 0 Å². The van der Waals surface area contributed by atoms with Gasteiger partial charge in [0, 0.05) is 0 Å². The molecule has 0 spiro atoms. The SMILES string of the molecule is CCCC(C(=O)NCCOc1ccc(C)cc1)c1ccccc1. The largest absolute Gasteiger partial charge is 0.492 e. The molecule has 2 aromatic rings. The molecular formula is C20H25NO2. The van der Waals surface area contributed by atoms with Crippen LogP contribution in [-0.4, -0.2) is 19.1 Å². The molecule has 0 aliphatic carbocycles. The van der Waals surface area contributed by atoms with Crippen LogP contribution in [0.1, 0.15) is 36.8 Å². The van der Waals surface area contributed by atoms with E-state index in [0.29, 0.717) is 13.2 Å². The van der Waals surface area contributed by atoms with E-state index in [2.05, 4.69) is 12.2 Å². The number of hydrogen-bond acceptors (Lipinski definition) is 2. The van der Waals surface area contributed by atoms with Crippen molar-refractivity contribution < 1.29 is 9.53 Å². The van der Waals surface area contributed by atoms with Crippen molar-refractivity contribution in [2.24, 2.45) is 0 Å². The van der Waals surface area contributed by atoms with Crippen LogP contribution >= 0.6 is 0 Å². The summed E-state index contributed by atoms with van der Waals surface area (Å²) in [6.45, 7) is 5.13. The van der Waals surface area contributed by atoms with E-state index < -0.39 is 0 Å². The van der Waals surface area contributed by atoms with E-state index in [0.717, 1.165) is 24.2 Å². The second-order valence-electron chi connectivity index (χ2n) is 5.70. The molecule has 0 bridgehead atoms. The highest BCUT2D eigenvalue weighted by molar-refractivity contribution is 5.83. The standard InChI is InChI=1S/C20H25NO2/c1-3-7-19(17-8-5-4-6-9-17)20(22)21-14-15-23-18-12-10-16(2)11-13-18/h4-6,8-13,19H,3,7,14-15H2,1-2H3,(H,21,22). The third-order valence-electron chi connectivity index (χ3n) is 3.79. The lowest BCUT2D eigenvalue weighted by molar-refractivity contribution is -0.122. The minimum Gasteiger partial charge on any atom is -0.492 e. The Morgan fingerprint density at radius 2 is 1.78 bits per heavy atom. The van der Waals surface area contributed by atoms with Crippen molar-refractivity contribution in [1.29, 1.82) is 0 Å². The fraction of sp³-hybridized carbons (Fsp3) is 0.350. The Morgan fingerprint density at radius 1 is 1.09 bits per heavy atom. The van der Waals surface area contributed by atoms with Gasteiger partial charge in [0.15, 0.2) is 0 Å². The fourth-order valence-corrected chi connectivity index (χ4v) is 2.52. The molecule has 0 heterocycles. The maximum Gasteiger partial charge on any atom is 0.227 e. The molecule has 1 amide bonds. The number of ether oxygens (including phenoxy) is 1. The normalized spacial score (nSPS) is 11.7. The zero-order valence-corrected chi connectivity index (χ0v) is 13.9. The highest BCUT2D eigenvalue weighted by atomic mass is 16.5. The van der Waals surface area contributed by atoms with E-state index in [1.807, 2.05) is 61.5 Å². The minimum absolute atomic E-state index is 0.0746. The van der Waals surface area contributed by atoms with Crippen LogP contribution in [0.3, 0.4) is 0 Å². The molecule has 0 radical (unpaired) electrons. The van der Waals surface area contributed by atoms with Gasteiger partial charge in [-0.2, -0.15) is 0 Å². The first-order valence-electron chi connectivity index (χ1n) is 8.23. The lowest BCUT2D eigenvalue weighted by Crippen LogP contribution is -2.32. The molecule has 1 unspecified atom stereocenters. The summed E-state index contributed by atoms with van der Waals surface area (Å²) in [5.41, 5.74) is 2.28. The Balaban J connectivity index is 1.81. The zero-order valence-electron chi connectivity index (χ0n) is 13.9. The average molecular weight is 311 g/mol. The third-order valence-corrected chi connectivity index (χ3v) is 3.79. The lowest BCUT2D eigenvalue weighted by atomic mass is 9.94. The van der Waals surface area contributed by atoms with Crippen LogP contribution in [0.5, 0.6) is 5.75 Å². The van der Waals surface area contributed by atoms with Crippen LogP contribution in [0, 0.1) is 6.92 Å². The summed E-state index contributed by atoms with van der Waals surface area (Å²) < 4.78 is 5.64. The predicted octanol–water partition coefficient (Wildman–Crippen LogP) is 4.07. The van der Waals surface area contributed by atoms with E-state index >= 15 is 0 Å². The maximum atomic E-state index is 12.4. The minimum atomic E-state index is -0.0828. The first-order valence-corrected chi connectivity index (χ1v) is 8.23. The molecule has 23 heavy (non-hydrogen) atoms. The molecule has 1 atom stereocenters. The average Bonchev–Trinajstić information content (AvgIpc) is 2.58. The summed E-state index contributed by atoms with van der Waals surface area (Å²) in [7, 11) is 0. The van der Waals surface area contributed by atoms with Crippen LogP contribution in [0.15, 0.2) is 54.6 Å². The van der Waals surface area contributed by atoms with E-state index in [9.17, 15) is 4.79 Å². The number of carbonyl (C=O) groups excluding carboxylic acids is 1. The van der Waals surface area contributed by atoms with E-state index in [1.165, 1.54) is 5.56 Å². The number of benzene rings is 2. The van der Waals surface area contributed by atoms with Crippen molar-refractivity contribution in [2.75, 3.05) is 13.2 Å². The number of nitrogens with one attached hydrogen (secondary N) is 1. The Kier molecular flexibility index (Phi) is 6.67. The predicted molar refractivity (Wildman–Crippen MR) is 93.8 cm³/mol. The number of hydrogen-bond donors (Lipinski definition) is 1. The highest BCUT2D eigenvalue weighted by Gasteiger charge is 2.18. The van der Waals surface area contributed by atoms with Gasteiger partial charge in [0.2, 0.25) is 5.91 Å². The van der Waals surface area contributed by atoms with Gasteiger partial charge < -0.3 is 10.1 Å². The van der Waals surface area contributed by atoms with E-state index in [4.69, 9.17) is 4.74 Å². The molecule has 0 aromatic heterocycles. The van der Waals surface area contributed by atoms with Crippen LogP contribution in [0.25, 0.3) is 0 Å². The number of aryl methyl sites for hydroxylation is 1. The third kappa shape index (κ3) is 5.44. The molecule has 1 N–H and O–H groups in total. The molecule has 0 fully saturated rings. The molecule has 0 aliphatic rings. The summed E-state index contributed by atoms with van der Waals surface area (Å²) in [4.78, 5) is 12.4. The van der Waals surface area contributed by atoms with Crippen LogP contribution in [-0.2, 0) is 4.79 Å². The number of rotatable bonds is 8. The van der Waals surface area contributed by atoms with Gasteiger partial charge in [0.05, 0.1) is 12.5 Å². The first kappa shape index (κ1) is 17.1. The Labute approximate surface area is 138 Å². The molecule has 2 aromatic carbocycles. The van der Waals surface area contributed by atoms with Crippen LogP contribution in [0.4, 0.5) is 0 Å². The maximum absolute atomic E-state index is 12.4. The lowest BCUT2D eigenvalue weighted by Gasteiger charge is -2.16. The number of carbonyl (C=O) groups is 1. The van der Waals surface area contributed by atoms with Gasteiger partial charge in [-0.1, -0.05) is 61.4 Å². The summed E-state index contributed by atoms with van der Waals surface area (Å²) in [5, 5.41) is 2.98. The molecule has 122 valence electrons. The van der Waals surface area contributed by atoms with E-state index in [1.54, 1.807) is 0 Å². The second kappa shape index (κ2) is 8.99. The van der Waals surface area contributed by atoms with Crippen molar-refractivity contribution >= 4 is 5.91 Å². The zero-order chi connectivity index (χ0) is 16.5. The van der Waals surface area contributed by atoms with E-state index in [-0.39, 0.29) is 11.8 Å². The monoisotopic (exact) mass is 311 g/mol. The van der Waals surface area contributed by atoms with Gasteiger partial charge in [-0.15, -0.1) is 0 Å². The summed E-state index contributed by atoms with van der Waals surface area (Å²) in [6.07, 6.45) is 1.83. The summed E-state index contributed by atoms with van der Waals surface area (Å²) in [5.74, 6) is 0.823. The highest BCUT2D eigenvalue weighted by Crippen LogP contribution is 2.21. The molecule has 2 rings (SSSR count). The van der Waals surface area contributed by atoms with Gasteiger partial charge in [-0.05, 0) is 31.0 Å². The van der Waals surface area contributed by atoms with Crippen molar-refractivity contribution in [3.63, 3.8) is 0 Å². The second-order valence-corrected chi connectivity index (χ2v) is 5.70.